The normalized spacial score (nSPS) is 20.2. The van der Waals surface area contributed by atoms with Crippen molar-refractivity contribution < 1.29 is 24.2 Å². The molecule has 1 aromatic rings. The highest BCUT2D eigenvalue weighted by molar-refractivity contribution is 14.1. The molecule has 0 unspecified atom stereocenters. The van der Waals surface area contributed by atoms with Crippen LogP contribution in [0.3, 0.4) is 0 Å². The number of carbonyl (C=O) groups is 2. The maximum atomic E-state index is 12.3. The molecule has 0 atom stereocenters. The van der Waals surface area contributed by atoms with Crippen LogP contribution in [0.15, 0.2) is 17.7 Å². The summed E-state index contributed by atoms with van der Waals surface area (Å²) in [6, 6.07) is 3.49. The number of phenols is 1. The molecule has 1 spiro atoms. The van der Waals surface area contributed by atoms with Crippen molar-refractivity contribution >= 4 is 63.2 Å². The van der Waals surface area contributed by atoms with Gasteiger partial charge in [-0.25, -0.2) is 9.59 Å². The second-order valence-electron chi connectivity index (χ2n) is 5.63. The Hall–Kier alpha value is -0.840. The van der Waals surface area contributed by atoms with Gasteiger partial charge in [0.15, 0.2) is 0 Å². The van der Waals surface area contributed by atoms with Crippen molar-refractivity contribution in [1.82, 2.24) is 0 Å². The number of phenolic OH excluding ortho intramolecular Hbond substituents is 1. The van der Waals surface area contributed by atoms with Crippen LogP contribution >= 0.6 is 45.2 Å². The van der Waals surface area contributed by atoms with Gasteiger partial charge in [-0.05, 0) is 76.2 Å². The largest absolute Gasteiger partial charge is 0.506 e. The molecule has 1 N–H and O–H groups in total. The maximum Gasteiger partial charge on any atom is 0.348 e. The molecule has 0 amide bonds. The summed E-state index contributed by atoms with van der Waals surface area (Å²) in [7, 11) is 0. The molecule has 122 valence electrons. The van der Waals surface area contributed by atoms with Crippen molar-refractivity contribution in [3.05, 3.63) is 30.4 Å². The minimum atomic E-state index is -1.09. The molecule has 1 heterocycles. The lowest BCUT2D eigenvalue weighted by Crippen LogP contribution is -2.47. The van der Waals surface area contributed by atoms with E-state index >= 15 is 0 Å². The van der Waals surface area contributed by atoms with Crippen LogP contribution in [-0.2, 0) is 19.1 Å². The lowest BCUT2D eigenvalue weighted by atomic mass is 9.93. The summed E-state index contributed by atoms with van der Waals surface area (Å²) in [6.45, 7) is 0. The highest BCUT2D eigenvalue weighted by Gasteiger charge is 2.46. The third kappa shape index (κ3) is 3.49. The Morgan fingerprint density at radius 2 is 1.65 bits per heavy atom. The molecular formula is C16H14I2O5. The van der Waals surface area contributed by atoms with Gasteiger partial charge in [0, 0.05) is 22.0 Å². The van der Waals surface area contributed by atoms with Gasteiger partial charge >= 0.3 is 11.9 Å². The third-order valence-electron chi connectivity index (χ3n) is 3.97. The first-order valence-corrected chi connectivity index (χ1v) is 9.42. The molecule has 1 saturated heterocycles. The van der Waals surface area contributed by atoms with E-state index in [1.807, 2.05) is 22.6 Å². The van der Waals surface area contributed by atoms with E-state index in [0.717, 1.165) is 22.8 Å². The summed E-state index contributed by atoms with van der Waals surface area (Å²) in [5.74, 6) is -2.43. The van der Waals surface area contributed by atoms with Crippen LogP contribution in [0, 0.1) is 7.14 Å². The lowest BCUT2D eigenvalue weighted by Gasteiger charge is -2.38. The molecule has 0 bridgehead atoms. The zero-order valence-corrected chi connectivity index (χ0v) is 16.4. The highest BCUT2D eigenvalue weighted by Crippen LogP contribution is 2.38. The van der Waals surface area contributed by atoms with Crippen LogP contribution in [0.1, 0.15) is 37.7 Å². The maximum absolute atomic E-state index is 12.3. The van der Waals surface area contributed by atoms with Crippen LogP contribution in [-0.4, -0.2) is 22.8 Å². The molecule has 23 heavy (non-hydrogen) atoms. The molecule has 2 aliphatic rings. The number of rotatable bonds is 1. The lowest BCUT2D eigenvalue weighted by molar-refractivity contribution is -0.244. The molecule has 5 nitrogen and oxygen atoms in total. The monoisotopic (exact) mass is 540 g/mol. The average Bonchev–Trinajstić information content (AvgIpc) is 2.48. The summed E-state index contributed by atoms with van der Waals surface area (Å²) in [5, 5.41) is 10.1. The van der Waals surface area contributed by atoms with Crippen LogP contribution in [0.2, 0.25) is 0 Å². The first-order chi connectivity index (χ1) is 10.9. The zero-order valence-electron chi connectivity index (χ0n) is 12.1. The molecule has 2 fully saturated rings. The van der Waals surface area contributed by atoms with Gasteiger partial charge in [-0.1, -0.05) is 6.42 Å². The average molecular weight is 540 g/mol. The number of esters is 2. The molecule has 0 aromatic heterocycles. The van der Waals surface area contributed by atoms with Crippen molar-refractivity contribution in [2.75, 3.05) is 0 Å². The quantitative estimate of drug-likeness (QED) is 0.255. The Balaban J connectivity index is 1.92. The van der Waals surface area contributed by atoms with Crippen molar-refractivity contribution in [1.29, 1.82) is 0 Å². The van der Waals surface area contributed by atoms with Gasteiger partial charge in [-0.15, -0.1) is 0 Å². The van der Waals surface area contributed by atoms with Crippen LogP contribution in [0.4, 0.5) is 0 Å². The molecule has 3 rings (SSSR count). The summed E-state index contributed by atoms with van der Waals surface area (Å²) >= 11 is 4.10. The molecule has 1 aromatic carbocycles. The number of hydrogen-bond acceptors (Lipinski definition) is 5. The van der Waals surface area contributed by atoms with Crippen LogP contribution in [0.25, 0.3) is 6.08 Å². The van der Waals surface area contributed by atoms with E-state index in [1.165, 1.54) is 6.08 Å². The van der Waals surface area contributed by atoms with Gasteiger partial charge in [-0.3, -0.25) is 0 Å². The smallest absolute Gasteiger partial charge is 0.348 e. The number of halogens is 2. The summed E-state index contributed by atoms with van der Waals surface area (Å²) < 4.78 is 12.4. The number of ether oxygens (including phenoxy) is 2. The fraction of sp³-hybridized carbons (Fsp3) is 0.375. The number of aromatic hydroxyl groups is 1. The Morgan fingerprint density at radius 1 is 1.04 bits per heavy atom. The topological polar surface area (TPSA) is 72.8 Å². The van der Waals surface area contributed by atoms with Gasteiger partial charge in [0.25, 0.3) is 5.79 Å². The van der Waals surface area contributed by atoms with Gasteiger partial charge in [0.2, 0.25) is 0 Å². The molecule has 7 heteroatoms. The number of hydrogen-bond donors (Lipinski definition) is 1. The van der Waals surface area contributed by atoms with Gasteiger partial charge in [0.1, 0.15) is 11.3 Å². The van der Waals surface area contributed by atoms with Gasteiger partial charge < -0.3 is 14.6 Å². The first-order valence-electron chi connectivity index (χ1n) is 7.27. The van der Waals surface area contributed by atoms with Gasteiger partial charge in [0.05, 0.1) is 3.57 Å². The van der Waals surface area contributed by atoms with Crippen LogP contribution in [0.5, 0.6) is 5.75 Å². The predicted molar refractivity (Wildman–Crippen MR) is 99.5 cm³/mol. The van der Waals surface area contributed by atoms with E-state index in [-0.39, 0.29) is 11.3 Å². The Kier molecular flexibility index (Phi) is 4.86. The number of carbonyl (C=O) groups excluding carboxylic acids is 2. The Bertz CT molecular complexity index is 683. The molecular weight excluding hydrogens is 526 g/mol. The first kappa shape index (κ1) is 17.0. The molecule has 1 aliphatic heterocycles. The van der Waals surface area contributed by atoms with Gasteiger partial charge in [-0.2, -0.15) is 0 Å². The summed E-state index contributed by atoms with van der Waals surface area (Å²) in [4.78, 5) is 24.6. The van der Waals surface area contributed by atoms with E-state index in [0.29, 0.717) is 22.0 Å². The van der Waals surface area contributed by atoms with Crippen molar-refractivity contribution in [2.24, 2.45) is 0 Å². The third-order valence-corrected chi connectivity index (χ3v) is 5.42. The standard InChI is InChI=1S/C16H14I2O5/c17-10-6-9(13(19)12(18)8-10)7-11-14(20)22-16(23-15(11)21)4-2-1-3-5-16/h6-8,19H,1-5H2. The molecule has 1 aliphatic carbocycles. The zero-order chi connectivity index (χ0) is 16.6. The second-order valence-corrected chi connectivity index (χ2v) is 8.04. The Labute approximate surface area is 160 Å². The Morgan fingerprint density at radius 3 is 2.26 bits per heavy atom. The van der Waals surface area contributed by atoms with E-state index in [4.69, 9.17) is 9.47 Å². The van der Waals surface area contributed by atoms with Crippen molar-refractivity contribution in [3.63, 3.8) is 0 Å². The fourth-order valence-corrected chi connectivity index (χ4v) is 4.71. The van der Waals surface area contributed by atoms with E-state index in [9.17, 15) is 14.7 Å². The predicted octanol–water partition coefficient (Wildman–Crippen LogP) is 3.75. The number of benzene rings is 1. The second kappa shape index (κ2) is 6.58. The van der Waals surface area contributed by atoms with E-state index in [2.05, 4.69) is 22.6 Å². The molecule has 1 saturated carbocycles. The highest BCUT2D eigenvalue weighted by atomic mass is 127. The van der Waals surface area contributed by atoms with E-state index < -0.39 is 17.7 Å². The van der Waals surface area contributed by atoms with Crippen molar-refractivity contribution in [3.8, 4) is 5.75 Å². The molecule has 0 radical (unpaired) electrons. The summed E-state index contributed by atoms with van der Waals surface area (Å²) in [6.07, 6.45) is 5.22. The fourth-order valence-electron chi connectivity index (χ4n) is 2.82. The SMILES string of the molecule is O=C1OC2(CCCCC2)OC(=O)C1=Cc1cc(I)cc(I)c1O. The van der Waals surface area contributed by atoms with Crippen LogP contribution < -0.4 is 0 Å². The minimum Gasteiger partial charge on any atom is -0.506 e. The summed E-state index contributed by atoms with van der Waals surface area (Å²) in [5.41, 5.74) is 0.207. The van der Waals surface area contributed by atoms with Crippen molar-refractivity contribution in [2.45, 2.75) is 37.9 Å². The minimum absolute atomic E-state index is 0.0251. The van der Waals surface area contributed by atoms with E-state index in [1.54, 1.807) is 12.1 Å².